The summed E-state index contributed by atoms with van der Waals surface area (Å²) in [5.41, 5.74) is 3.11. The van der Waals surface area contributed by atoms with Crippen molar-refractivity contribution in [2.24, 2.45) is 0 Å². The van der Waals surface area contributed by atoms with Gasteiger partial charge in [0.2, 0.25) is 0 Å². The lowest BCUT2D eigenvalue weighted by Gasteiger charge is -2.26. The maximum absolute atomic E-state index is 11.7. The average Bonchev–Trinajstić information content (AvgIpc) is 2.39. The van der Waals surface area contributed by atoms with Gasteiger partial charge in [0.05, 0.1) is 6.42 Å². The molecule has 19 heavy (non-hydrogen) atoms. The molecule has 96 valence electrons. The zero-order chi connectivity index (χ0) is 13.4. The van der Waals surface area contributed by atoms with E-state index >= 15 is 0 Å². The van der Waals surface area contributed by atoms with Gasteiger partial charge in [0.25, 0.3) is 0 Å². The Bertz CT molecular complexity index is 646. The molecule has 0 aromatic heterocycles. The van der Waals surface area contributed by atoms with E-state index < -0.39 is 0 Å². The molecule has 0 aliphatic carbocycles. The molecule has 1 atom stereocenters. The third-order valence-corrected chi connectivity index (χ3v) is 3.53. The minimum Gasteiger partial charge on any atom is -0.508 e. The number of carbonyl (C=O) groups is 1. The fourth-order valence-corrected chi connectivity index (χ4v) is 2.60. The minimum absolute atomic E-state index is 0.0513. The summed E-state index contributed by atoms with van der Waals surface area (Å²) in [5.74, 6) is 0.452. The smallest absolute Gasteiger partial charge is 0.312 e. The topological polar surface area (TPSA) is 46.5 Å². The maximum Gasteiger partial charge on any atom is 0.312 e. The number of benzene rings is 2. The molecular weight excluding hydrogens is 240 g/mol. The second-order valence-corrected chi connectivity index (χ2v) is 4.81. The van der Waals surface area contributed by atoms with Gasteiger partial charge < -0.3 is 9.84 Å². The minimum atomic E-state index is -0.230. The third-order valence-electron chi connectivity index (χ3n) is 3.53. The normalized spacial score (nSPS) is 17.7. The van der Waals surface area contributed by atoms with E-state index in [9.17, 15) is 9.90 Å². The molecule has 0 bridgehead atoms. The van der Waals surface area contributed by atoms with Gasteiger partial charge in [0, 0.05) is 11.5 Å². The molecule has 0 radical (unpaired) electrons. The number of fused-ring (bicyclic) bond motifs is 1. The molecule has 0 spiro atoms. The van der Waals surface area contributed by atoms with Gasteiger partial charge in [-0.1, -0.05) is 24.3 Å². The Morgan fingerprint density at radius 1 is 1.16 bits per heavy atom. The average molecular weight is 254 g/mol. The third kappa shape index (κ3) is 2.08. The van der Waals surface area contributed by atoms with Crippen LogP contribution in [-0.2, 0) is 4.79 Å². The number of ether oxygens (including phenoxy) is 1. The van der Waals surface area contributed by atoms with Crippen LogP contribution < -0.4 is 4.74 Å². The summed E-state index contributed by atoms with van der Waals surface area (Å²) in [6.45, 7) is 2.03. The van der Waals surface area contributed by atoms with Gasteiger partial charge in [-0.05, 0) is 36.2 Å². The molecule has 0 unspecified atom stereocenters. The summed E-state index contributed by atoms with van der Waals surface area (Å²) in [6, 6.07) is 12.8. The predicted molar refractivity (Wildman–Crippen MR) is 71.4 cm³/mol. The quantitative estimate of drug-likeness (QED) is 0.628. The highest BCUT2D eigenvalue weighted by Gasteiger charge is 2.29. The lowest BCUT2D eigenvalue weighted by molar-refractivity contribution is -0.135. The Morgan fingerprint density at radius 3 is 2.74 bits per heavy atom. The SMILES string of the molecule is Cc1ccccc1[C@H]1CC(=O)Oc2ccc(O)cc21. The molecule has 0 saturated heterocycles. The van der Waals surface area contributed by atoms with E-state index in [0.29, 0.717) is 12.2 Å². The molecule has 2 aromatic rings. The summed E-state index contributed by atoms with van der Waals surface area (Å²) in [7, 11) is 0. The molecule has 1 aliphatic rings. The first kappa shape index (κ1) is 11.8. The number of hydrogen-bond donors (Lipinski definition) is 1. The van der Waals surface area contributed by atoms with Crippen LogP contribution >= 0.6 is 0 Å². The van der Waals surface area contributed by atoms with Crippen molar-refractivity contribution in [1.82, 2.24) is 0 Å². The van der Waals surface area contributed by atoms with E-state index in [2.05, 4.69) is 0 Å². The van der Waals surface area contributed by atoms with E-state index in [0.717, 1.165) is 16.7 Å². The number of hydrogen-bond acceptors (Lipinski definition) is 3. The van der Waals surface area contributed by atoms with Crippen molar-refractivity contribution < 1.29 is 14.6 Å². The van der Waals surface area contributed by atoms with Gasteiger partial charge in [0.1, 0.15) is 11.5 Å². The van der Waals surface area contributed by atoms with Gasteiger partial charge in [-0.15, -0.1) is 0 Å². The first-order valence-corrected chi connectivity index (χ1v) is 6.24. The van der Waals surface area contributed by atoms with E-state index in [1.807, 2.05) is 31.2 Å². The van der Waals surface area contributed by atoms with Crippen molar-refractivity contribution in [1.29, 1.82) is 0 Å². The summed E-state index contributed by atoms with van der Waals surface area (Å²) in [6.07, 6.45) is 0.307. The fraction of sp³-hybridized carbons (Fsp3) is 0.188. The van der Waals surface area contributed by atoms with E-state index in [-0.39, 0.29) is 17.6 Å². The summed E-state index contributed by atoms with van der Waals surface area (Å²) < 4.78 is 5.23. The molecular formula is C16H14O3. The van der Waals surface area contributed by atoms with Crippen molar-refractivity contribution >= 4 is 5.97 Å². The van der Waals surface area contributed by atoms with Gasteiger partial charge >= 0.3 is 5.97 Å². The van der Waals surface area contributed by atoms with Crippen molar-refractivity contribution in [3.05, 3.63) is 59.2 Å². The molecule has 1 aliphatic heterocycles. The molecule has 0 fully saturated rings. The molecule has 1 N–H and O–H groups in total. The summed E-state index contributed by atoms with van der Waals surface area (Å²) >= 11 is 0. The zero-order valence-corrected chi connectivity index (χ0v) is 10.6. The van der Waals surface area contributed by atoms with Crippen LogP contribution in [-0.4, -0.2) is 11.1 Å². The molecule has 3 nitrogen and oxygen atoms in total. The van der Waals surface area contributed by atoms with Gasteiger partial charge in [-0.25, -0.2) is 0 Å². The van der Waals surface area contributed by atoms with Crippen LogP contribution in [0.3, 0.4) is 0 Å². The van der Waals surface area contributed by atoms with Crippen molar-refractivity contribution in [2.45, 2.75) is 19.3 Å². The first-order valence-electron chi connectivity index (χ1n) is 6.24. The zero-order valence-electron chi connectivity index (χ0n) is 10.6. The van der Waals surface area contributed by atoms with Crippen molar-refractivity contribution in [2.75, 3.05) is 0 Å². The molecule has 1 heterocycles. The second kappa shape index (κ2) is 4.43. The predicted octanol–water partition coefficient (Wildman–Crippen LogP) is 3.14. The number of phenolic OH excluding ortho intramolecular Hbond substituents is 1. The highest BCUT2D eigenvalue weighted by molar-refractivity contribution is 5.78. The van der Waals surface area contributed by atoms with Gasteiger partial charge in [-0.3, -0.25) is 4.79 Å². The Kier molecular flexibility index (Phi) is 2.75. The van der Waals surface area contributed by atoms with Crippen LogP contribution in [0.1, 0.15) is 29.0 Å². The number of aryl methyl sites for hydroxylation is 1. The molecule has 0 saturated carbocycles. The molecule has 3 rings (SSSR count). The summed E-state index contributed by atoms with van der Waals surface area (Å²) in [4.78, 5) is 11.7. The monoisotopic (exact) mass is 254 g/mol. The van der Waals surface area contributed by atoms with Gasteiger partial charge in [0.15, 0.2) is 0 Å². The second-order valence-electron chi connectivity index (χ2n) is 4.81. The summed E-state index contributed by atoms with van der Waals surface area (Å²) in [5, 5.41) is 9.65. The largest absolute Gasteiger partial charge is 0.508 e. The number of aromatic hydroxyl groups is 1. The van der Waals surface area contributed by atoms with Crippen molar-refractivity contribution in [3.8, 4) is 11.5 Å². The Balaban J connectivity index is 2.16. The molecule has 2 aromatic carbocycles. The highest BCUT2D eigenvalue weighted by Crippen LogP contribution is 2.41. The Hall–Kier alpha value is -2.29. The van der Waals surface area contributed by atoms with E-state index in [1.165, 1.54) is 6.07 Å². The van der Waals surface area contributed by atoms with Crippen LogP contribution in [0.25, 0.3) is 0 Å². The van der Waals surface area contributed by atoms with Crippen LogP contribution in [0.15, 0.2) is 42.5 Å². The maximum atomic E-state index is 11.7. The lowest BCUT2D eigenvalue weighted by Crippen LogP contribution is -2.21. The fourth-order valence-electron chi connectivity index (χ4n) is 2.60. The highest BCUT2D eigenvalue weighted by atomic mass is 16.5. The number of phenols is 1. The van der Waals surface area contributed by atoms with E-state index in [1.54, 1.807) is 12.1 Å². The van der Waals surface area contributed by atoms with Crippen molar-refractivity contribution in [3.63, 3.8) is 0 Å². The Morgan fingerprint density at radius 2 is 1.95 bits per heavy atom. The van der Waals surface area contributed by atoms with E-state index in [4.69, 9.17) is 4.74 Å². The standard InChI is InChI=1S/C16H14O3/c1-10-4-2-3-5-12(10)13-9-16(18)19-15-7-6-11(17)8-14(13)15/h2-8,13,17H,9H2,1H3/t13-/m1/s1. The van der Waals surface area contributed by atoms with Crippen LogP contribution in [0.4, 0.5) is 0 Å². The number of rotatable bonds is 1. The first-order chi connectivity index (χ1) is 9.15. The van der Waals surface area contributed by atoms with Gasteiger partial charge in [-0.2, -0.15) is 0 Å². The lowest BCUT2D eigenvalue weighted by atomic mass is 9.84. The van der Waals surface area contributed by atoms with Crippen LogP contribution in [0.5, 0.6) is 11.5 Å². The van der Waals surface area contributed by atoms with Crippen LogP contribution in [0.2, 0.25) is 0 Å². The number of esters is 1. The Labute approximate surface area is 111 Å². The number of carbonyl (C=O) groups excluding carboxylic acids is 1. The van der Waals surface area contributed by atoms with Crippen LogP contribution in [0, 0.1) is 6.92 Å². The molecule has 3 heteroatoms. The molecule has 0 amide bonds.